The molecule has 0 aromatic heterocycles. The Morgan fingerprint density at radius 2 is 1.75 bits per heavy atom. The SMILES string of the molecule is COc1ccc(OC)c(C(C)NC(=O)N(C)CCOc2ccc(F)cc2)c1.Cl. The Bertz CT molecular complexity index is 758. The quantitative estimate of drug-likeness (QED) is 0.710. The van der Waals surface area contributed by atoms with E-state index in [-0.39, 0.29) is 30.3 Å². The zero-order valence-electron chi connectivity index (χ0n) is 16.4. The predicted molar refractivity (Wildman–Crippen MR) is 108 cm³/mol. The molecule has 0 saturated heterocycles. The van der Waals surface area contributed by atoms with E-state index in [1.807, 2.05) is 13.0 Å². The van der Waals surface area contributed by atoms with Gasteiger partial charge in [0.05, 0.1) is 26.8 Å². The summed E-state index contributed by atoms with van der Waals surface area (Å²) in [6.07, 6.45) is 0. The second kappa shape index (κ2) is 11.2. The molecule has 0 saturated carbocycles. The fourth-order valence-corrected chi connectivity index (χ4v) is 2.48. The lowest BCUT2D eigenvalue weighted by atomic mass is 10.1. The maximum absolute atomic E-state index is 12.9. The molecule has 0 aliphatic carbocycles. The minimum Gasteiger partial charge on any atom is -0.497 e. The van der Waals surface area contributed by atoms with Gasteiger partial charge in [0.2, 0.25) is 0 Å². The Hall–Kier alpha value is -2.67. The monoisotopic (exact) mass is 412 g/mol. The number of carbonyl (C=O) groups excluding carboxylic acids is 1. The van der Waals surface area contributed by atoms with Crippen LogP contribution in [0.1, 0.15) is 18.5 Å². The number of nitrogens with zero attached hydrogens (tertiary/aromatic N) is 1. The summed E-state index contributed by atoms with van der Waals surface area (Å²) in [7, 11) is 4.85. The molecule has 2 amide bonds. The molecule has 154 valence electrons. The summed E-state index contributed by atoms with van der Waals surface area (Å²) < 4.78 is 29.0. The fraction of sp³-hybridized carbons (Fsp3) is 0.350. The normalized spacial score (nSPS) is 11.0. The molecular weight excluding hydrogens is 387 g/mol. The van der Waals surface area contributed by atoms with Gasteiger partial charge >= 0.3 is 6.03 Å². The number of hydrogen-bond donors (Lipinski definition) is 1. The van der Waals surface area contributed by atoms with Crippen molar-refractivity contribution in [2.75, 3.05) is 34.4 Å². The van der Waals surface area contributed by atoms with Gasteiger partial charge in [0.15, 0.2) is 0 Å². The van der Waals surface area contributed by atoms with E-state index in [2.05, 4.69) is 5.32 Å². The van der Waals surface area contributed by atoms with Crippen LogP contribution in [0, 0.1) is 5.82 Å². The zero-order valence-corrected chi connectivity index (χ0v) is 17.2. The van der Waals surface area contributed by atoms with Gasteiger partial charge in [-0.15, -0.1) is 12.4 Å². The lowest BCUT2D eigenvalue weighted by Gasteiger charge is -2.23. The number of benzene rings is 2. The van der Waals surface area contributed by atoms with E-state index in [4.69, 9.17) is 14.2 Å². The van der Waals surface area contributed by atoms with E-state index in [0.29, 0.717) is 30.4 Å². The van der Waals surface area contributed by atoms with E-state index in [1.54, 1.807) is 45.5 Å². The highest BCUT2D eigenvalue weighted by Crippen LogP contribution is 2.29. The van der Waals surface area contributed by atoms with Crippen LogP contribution in [0.25, 0.3) is 0 Å². The first-order chi connectivity index (χ1) is 12.9. The molecule has 2 aromatic carbocycles. The molecule has 0 radical (unpaired) electrons. The average molecular weight is 413 g/mol. The number of halogens is 2. The van der Waals surface area contributed by atoms with Crippen LogP contribution in [0.4, 0.5) is 9.18 Å². The molecule has 0 aliphatic heterocycles. The molecule has 0 fully saturated rings. The molecule has 0 heterocycles. The van der Waals surface area contributed by atoms with Gasteiger partial charge in [0.1, 0.15) is 29.7 Å². The summed E-state index contributed by atoms with van der Waals surface area (Å²) in [4.78, 5) is 13.9. The smallest absolute Gasteiger partial charge is 0.317 e. The average Bonchev–Trinajstić information content (AvgIpc) is 2.68. The van der Waals surface area contributed by atoms with Gasteiger partial charge in [0.25, 0.3) is 0 Å². The van der Waals surface area contributed by atoms with Gasteiger partial charge in [-0.05, 0) is 49.4 Å². The Balaban J connectivity index is 0.00000392. The largest absolute Gasteiger partial charge is 0.497 e. The second-order valence-corrected chi connectivity index (χ2v) is 6.00. The van der Waals surface area contributed by atoms with Crippen LogP contribution in [0.2, 0.25) is 0 Å². The summed E-state index contributed by atoms with van der Waals surface area (Å²) in [5.41, 5.74) is 0.821. The van der Waals surface area contributed by atoms with Crippen molar-refractivity contribution in [1.82, 2.24) is 10.2 Å². The molecule has 0 spiro atoms. The van der Waals surface area contributed by atoms with Gasteiger partial charge < -0.3 is 24.4 Å². The number of rotatable bonds is 8. The lowest BCUT2D eigenvalue weighted by Crippen LogP contribution is -2.40. The van der Waals surface area contributed by atoms with Gasteiger partial charge in [-0.2, -0.15) is 0 Å². The fourth-order valence-electron chi connectivity index (χ4n) is 2.48. The topological polar surface area (TPSA) is 60.0 Å². The number of likely N-dealkylation sites (N-methyl/N-ethyl adjacent to an activating group) is 1. The molecule has 0 bridgehead atoms. The molecule has 1 N–H and O–H groups in total. The lowest BCUT2D eigenvalue weighted by molar-refractivity contribution is 0.192. The minimum absolute atomic E-state index is 0. The van der Waals surface area contributed by atoms with Gasteiger partial charge in [-0.25, -0.2) is 9.18 Å². The van der Waals surface area contributed by atoms with Gasteiger partial charge in [-0.1, -0.05) is 0 Å². The van der Waals surface area contributed by atoms with Crippen LogP contribution in [-0.4, -0.2) is 45.3 Å². The number of ether oxygens (including phenoxy) is 3. The predicted octanol–water partition coefficient (Wildman–Crippen LogP) is 4.05. The molecule has 8 heteroatoms. The minimum atomic E-state index is -0.319. The number of methoxy groups -OCH3 is 2. The van der Waals surface area contributed by atoms with Crippen molar-refractivity contribution in [1.29, 1.82) is 0 Å². The maximum Gasteiger partial charge on any atom is 0.317 e. The number of amides is 2. The van der Waals surface area contributed by atoms with Crippen molar-refractivity contribution < 1.29 is 23.4 Å². The molecule has 2 rings (SSSR count). The first kappa shape index (κ1) is 23.4. The third-order valence-corrected chi connectivity index (χ3v) is 4.10. The van der Waals surface area contributed by atoms with Crippen molar-refractivity contribution in [3.05, 3.63) is 53.8 Å². The highest BCUT2D eigenvalue weighted by molar-refractivity contribution is 5.85. The Kier molecular flexibility index (Phi) is 9.38. The standard InChI is InChI=1S/C20H25FN2O4.ClH/c1-14(18-13-17(25-3)9-10-19(18)26-4)22-20(24)23(2)11-12-27-16-7-5-15(21)6-8-16;/h5-10,13-14H,11-12H2,1-4H3,(H,22,24);1H. The van der Waals surface area contributed by atoms with Crippen LogP contribution >= 0.6 is 12.4 Å². The van der Waals surface area contributed by atoms with E-state index >= 15 is 0 Å². The number of nitrogens with one attached hydrogen (secondary N) is 1. The van der Waals surface area contributed by atoms with E-state index in [9.17, 15) is 9.18 Å². The van der Waals surface area contributed by atoms with E-state index in [1.165, 1.54) is 17.0 Å². The first-order valence-electron chi connectivity index (χ1n) is 8.56. The molecule has 28 heavy (non-hydrogen) atoms. The zero-order chi connectivity index (χ0) is 19.8. The molecule has 1 atom stereocenters. The summed E-state index contributed by atoms with van der Waals surface area (Å²) in [5.74, 6) is 1.60. The van der Waals surface area contributed by atoms with Crippen molar-refractivity contribution >= 4 is 18.4 Å². The summed E-state index contributed by atoms with van der Waals surface area (Å²) >= 11 is 0. The Morgan fingerprint density at radius 1 is 1.11 bits per heavy atom. The third kappa shape index (κ3) is 6.49. The van der Waals surface area contributed by atoms with Crippen LogP contribution in [0.5, 0.6) is 17.2 Å². The van der Waals surface area contributed by atoms with Crippen LogP contribution in [0.15, 0.2) is 42.5 Å². The Labute approximate surface area is 171 Å². The van der Waals surface area contributed by atoms with Crippen molar-refractivity contribution in [2.45, 2.75) is 13.0 Å². The number of hydrogen-bond acceptors (Lipinski definition) is 4. The number of urea groups is 1. The maximum atomic E-state index is 12.9. The number of carbonyl (C=O) groups is 1. The van der Waals surface area contributed by atoms with E-state index in [0.717, 1.165) is 5.56 Å². The third-order valence-electron chi connectivity index (χ3n) is 4.10. The van der Waals surface area contributed by atoms with Crippen molar-refractivity contribution in [3.8, 4) is 17.2 Å². The van der Waals surface area contributed by atoms with Gasteiger partial charge in [-0.3, -0.25) is 0 Å². The van der Waals surface area contributed by atoms with Crippen LogP contribution in [0.3, 0.4) is 0 Å². The molecule has 2 aromatic rings. The van der Waals surface area contributed by atoms with Crippen molar-refractivity contribution in [2.24, 2.45) is 0 Å². The Morgan fingerprint density at radius 3 is 2.36 bits per heavy atom. The summed E-state index contributed by atoms with van der Waals surface area (Å²) in [6, 6.07) is 10.7. The second-order valence-electron chi connectivity index (χ2n) is 6.00. The van der Waals surface area contributed by atoms with Gasteiger partial charge in [0, 0.05) is 12.6 Å². The first-order valence-corrected chi connectivity index (χ1v) is 8.56. The molecule has 6 nitrogen and oxygen atoms in total. The van der Waals surface area contributed by atoms with Crippen molar-refractivity contribution in [3.63, 3.8) is 0 Å². The highest BCUT2D eigenvalue weighted by atomic mass is 35.5. The molecular formula is C20H26ClFN2O4. The van der Waals surface area contributed by atoms with Crippen LogP contribution < -0.4 is 19.5 Å². The molecule has 0 aliphatic rings. The highest BCUT2D eigenvalue weighted by Gasteiger charge is 2.17. The molecule has 1 unspecified atom stereocenters. The summed E-state index contributed by atoms with van der Waals surface area (Å²) in [5, 5.41) is 2.92. The summed E-state index contributed by atoms with van der Waals surface area (Å²) in [6.45, 7) is 2.55. The van der Waals surface area contributed by atoms with E-state index < -0.39 is 0 Å². The van der Waals surface area contributed by atoms with Crippen LogP contribution in [-0.2, 0) is 0 Å².